The van der Waals surface area contributed by atoms with Crippen molar-refractivity contribution in [2.75, 3.05) is 19.6 Å². The van der Waals surface area contributed by atoms with Crippen LogP contribution >= 0.6 is 11.6 Å². The standard InChI is InChI=1S/C18H23ClN2O3/c1-18(2,3)21-9-12(8-16(21)22)17(23)20-10-13(11-20)24-15-7-5-4-6-14(15)19/h4-7,12-13H,8-11H2,1-3H3/t12-/m1/s1. The van der Waals surface area contributed by atoms with Gasteiger partial charge in [-0.1, -0.05) is 23.7 Å². The van der Waals surface area contributed by atoms with E-state index in [1.54, 1.807) is 15.9 Å². The molecule has 0 saturated carbocycles. The maximum Gasteiger partial charge on any atom is 0.228 e. The van der Waals surface area contributed by atoms with Crippen LogP contribution in [-0.4, -0.2) is 52.9 Å². The number of halogens is 1. The predicted octanol–water partition coefficient (Wildman–Crippen LogP) is 2.58. The van der Waals surface area contributed by atoms with E-state index in [-0.39, 0.29) is 29.4 Å². The molecular weight excluding hydrogens is 328 g/mol. The van der Waals surface area contributed by atoms with Crippen molar-refractivity contribution in [1.29, 1.82) is 0 Å². The Bertz CT molecular complexity index is 650. The van der Waals surface area contributed by atoms with Crippen molar-refractivity contribution in [2.24, 2.45) is 5.92 Å². The van der Waals surface area contributed by atoms with E-state index in [1.807, 2.05) is 39.0 Å². The Hall–Kier alpha value is -1.75. The fourth-order valence-corrected chi connectivity index (χ4v) is 3.37. The molecule has 0 unspecified atom stereocenters. The average molecular weight is 351 g/mol. The number of rotatable bonds is 3. The smallest absolute Gasteiger partial charge is 0.228 e. The van der Waals surface area contributed by atoms with Crippen LogP contribution in [0.1, 0.15) is 27.2 Å². The number of benzene rings is 1. The fourth-order valence-electron chi connectivity index (χ4n) is 3.19. The van der Waals surface area contributed by atoms with Gasteiger partial charge in [0.2, 0.25) is 11.8 Å². The molecule has 1 atom stereocenters. The predicted molar refractivity (Wildman–Crippen MR) is 92.0 cm³/mol. The molecule has 6 heteroatoms. The van der Waals surface area contributed by atoms with Gasteiger partial charge < -0.3 is 14.5 Å². The number of hydrogen-bond donors (Lipinski definition) is 0. The maximum absolute atomic E-state index is 12.6. The number of hydrogen-bond acceptors (Lipinski definition) is 3. The Morgan fingerprint density at radius 3 is 2.46 bits per heavy atom. The number of carbonyl (C=O) groups is 2. The van der Waals surface area contributed by atoms with E-state index in [1.165, 1.54) is 0 Å². The van der Waals surface area contributed by atoms with Crippen LogP contribution in [0.25, 0.3) is 0 Å². The van der Waals surface area contributed by atoms with Gasteiger partial charge in [-0.15, -0.1) is 0 Å². The third-order valence-corrected chi connectivity index (χ3v) is 4.89. The molecular formula is C18H23ClN2O3. The van der Waals surface area contributed by atoms with Crippen molar-refractivity contribution >= 4 is 23.4 Å². The van der Waals surface area contributed by atoms with Gasteiger partial charge >= 0.3 is 0 Å². The van der Waals surface area contributed by atoms with Crippen LogP contribution in [0, 0.1) is 5.92 Å². The molecule has 0 N–H and O–H groups in total. The van der Waals surface area contributed by atoms with E-state index in [2.05, 4.69) is 0 Å². The Kier molecular flexibility index (Phi) is 4.47. The lowest BCUT2D eigenvalue weighted by molar-refractivity contribution is -0.144. The van der Waals surface area contributed by atoms with Gasteiger partial charge in [-0.2, -0.15) is 0 Å². The number of nitrogens with zero attached hydrogens (tertiary/aromatic N) is 2. The molecule has 0 aliphatic carbocycles. The lowest BCUT2D eigenvalue weighted by Crippen LogP contribution is -2.58. The molecule has 1 aromatic carbocycles. The van der Waals surface area contributed by atoms with Crippen LogP contribution in [-0.2, 0) is 9.59 Å². The van der Waals surface area contributed by atoms with Crippen molar-refractivity contribution in [3.05, 3.63) is 29.3 Å². The molecule has 0 aromatic heterocycles. The Morgan fingerprint density at radius 1 is 1.21 bits per heavy atom. The van der Waals surface area contributed by atoms with E-state index in [0.717, 1.165) is 0 Å². The van der Waals surface area contributed by atoms with Crippen LogP contribution in [0.3, 0.4) is 0 Å². The molecule has 2 fully saturated rings. The molecule has 24 heavy (non-hydrogen) atoms. The second-order valence-corrected chi connectivity index (χ2v) is 7.90. The monoisotopic (exact) mass is 350 g/mol. The summed E-state index contributed by atoms with van der Waals surface area (Å²) in [5, 5.41) is 0.574. The first-order valence-electron chi connectivity index (χ1n) is 8.26. The molecule has 0 bridgehead atoms. The molecule has 2 heterocycles. The van der Waals surface area contributed by atoms with Gasteiger partial charge in [0, 0.05) is 18.5 Å². The summed E-state index contributed by atoms with van der Waals surface area (Å²) in [6, 6.07) is 7.32. The molecule has 2 aliphatic rings. The Morgan fingerprint density at radius 2 is 1.88 bits per heavy atom. The molecule has 2 amide bonds. The summed E-state index contributed by atoms with van der Waals surface area (Å²) in [6.45, 7) is 7.58. The molecule has 1 aromatic rings. The van der Waals surface area contributed by atoms with Crippen molar-refractivity contribution in [2.45, 2.75) is 38.8 Å². The molecule has 130 valence electrons. The SMILES string of the molecule is CC(C)(C)N1C[C@H](C(=O)N2CC(Oc3ccccc3Cl)C2)CC1=O. The molecule has 5 nitrogen and oxygen atoms in total. The van der Waals surface area contributed by atoms with E-state index in [9.17, 15) is 9.59 Å². The fraction of sp³-hybridized carbons (Fsp3) is 0.556. The highest BCUT2D eigenvalue weighted by Crippen LogP contribution is 2.30. The first kappa shape index (κ1) is 17.1. The maximum atomic E-state index is 12.6. The average Bonchev–Trinajstić information content (AvgIpc) is 2.85. The summed E-state index contributed by atoms with van der Waals surface area (Å²) >= 11 is 6.08. The van der Waals surface area contributed by atoms with Gasteiger partial charge in [-0.3, -0.25) is 9.59 Å². The number of ether oxygens (including phenoxy) is 1. The van der Waals surface area contributed by atoms with E-state index in [4.69, 9.17) is 16.3 Å². The highest BCUT2D eigenvalue weighted by atomic mass is 35.5. The van der Waals surface area contributed by atoms with Gasteiger partial charge in [0.05, 0.1) is 24.0 Å². The Labute approximate surface area is 147 Å². The summed E-state index contributed by atoms with van der Waals surface area (Å²) in [5.41, 5.74) is -0.239. The van der Waals surface area contributed by atoms with Gasteiger partial charge in [0.15, 0.2) is 0 Å². The largest absolute Gasteiger partial charge is 0.485 e. The van der Waals surface area contributed by atoms with E-state index < -0.39 is 0 Å². The molecule has 0 radical (unpaired) electrons. The number of para-hydroxylation sites is 1. The van der Waals surface area contributed by atoms with Gasteiger partial charge in [-0.25, -0.2) is 0 Å². The number of amides is 2. The van der Waals surface area contributed by atoms with Gasteiger partial charge in [-0.05, 0) is 32.9 Å². The molecule has 3 rings (SSSR count). The lowest BCUT2D eigenvalue weighted by Gasteiger charge is -2.40. The summed E-state index contributed by atoms with van der Waals surface area (Å²) in [4.78, 5) is 28.3. The van der Waals surface area contributed by atoms with Crippen molar-refractivity contribution in [3.8, 4) is 5.75 Å². The third kappa shape index (κ3) is 3.36. The first-order valence-corrected chi connectivity index (χ1v) is 8.64. The zero-order valence-corrected chi connectivity index (χ0v) is 15.0. The topological polar surface area (TPSA) is 49.9 Å². The minimum Gasteiger partial charge on any atom is -0.485 e. The van der Waals surface area contributed by atoms with Crippen molar-refractivity contribution in [1.82, 2.24) is 9.80 Å². The lowest BCUT2D eigenvalue weighted by atomic mass is 10.0. The quantitative estimate of drug-likeness (QED) is 0.841. The van der Waals surface area contributed by atoms with Gasteiger partial charge in [0.25, 0.3) is 0 Å². The minimum absolute atomic E-state index is 0.0373. The van der Waals surface area contributed by atoms with E-state index >= 15 is 0 Å². The van der Waals surface area contributed by atoms with Gasteiger partial charge in [0.1, 0.15) is 11.9 Å². The minimum atomic E-state index is -0.239. The van der Waals surface area contributed by atoms with E-state index in [0.29, 0.717) is 36.8 Å². The van der Waals surface area contributed by atoms with Crippen LogP contribution in [0.2, 0.25) is 5.02 Å². The molecule has 0 spiro atoms. The number of carbonyl (C=O) groups excluding carboxylic acids is 2. The molecule has 2 aliphatic heterocycles. The summed E-state index contributed by atoms with van der Waals surface area (Å²) in [5.74, 6) is 0.517. The van der Waals surface area contributed by atoms with Crippen LogP contribution < -0.4 is 4.74 Å². The van der Waals surface area contributed by atoms with Crippen molar-refractivity contribution < 1.29 is 14.3 Å². The summed E-state index contributed by atoms with van der Waals surface area (Å²) < 4.78 is 5.82. The zero-order valence-electron chi connectivity index (χ0n) is 14.3. The summed E-state index contributed by atoms with van der Waals surface area (Å²) in [7, 11) is 0. The van der Waals surface area contributed by atoms with Crippen LogP contribution in [0.5, 0.6) is 5.75 Å². The van der Waals surface area contributed by atoms with Crippen LogP contribution in [0.4, 0.5) is 0 Å². The molecule has 2 saturated heterocycles. The zero-order chi connectivity index (χ0) is 17.5. The second-order valence-electron chi connectivity index (χ2n) is 7.49. The van der Waals surface area contributed by atoms with Crippen molar-refractivity contribution in [3.63, 3.8) is 0 Å². The summed E-state index contributed by atoms with van der Waals surface area (Å²) in [6.07, 6.45) is 0.271. The number of likely N-dealkylation sites (tertiary alicyclic amines) is 2. The first-order chi connectivity index (χ1) is 11.3. The highest BCUT2D eigenvalue weighted by molar-refractivity contribution is 6.32. The van der Waals surface area contributed by atoms with Crippen LogP contribution in [0.15, 0.2) is 24.3 Å². The second kappa shape index (κ2) is 6.28. The third-order valence-electron chi connectivity index (χ3n) is 4.57. The normalized spacial score (nSPS) is 21.8. The highest BCUT2D eigenvalue weighted by Gasteiger charge is 2.43. The Balaban J connectivity index is 1.52.